The maximum absolute atomic E-state index is 5.98. The van der Waals surface area contributed by atoms with Crippen molar-refractivity contribution in [2.45, 2.75) is 52.7 Å². The van der Waals surface area contributed by atoms with E-state index < -0.39 is 0 Å². The molecule has 3 heteroatoms. The van der Waals surface area contributed by atoms with Crippen LogP contribution in [-0.4, -0.2) is 11.2 Å². The third-order valence-electron chi connectivity index (χ3n) is 1.74. The molecule has 0 heterocycles. The van der Waals surface area contributed by atoms with Gasteiger partial charge in [0.2, 0.25) is 0 Å². The minimum atomic E-state index is -0.277. The van der Waals surface area contributed by atoms with Gasteiger partial charge in [0.25, 0.3) is 0 Å². The van der Waals surface area contributed by atoms with Gasteiger partial charge in [0.15, 0.2) is 11.5 Å². The largest absolute Gasteiger partial charge is 0.484 e. The Kier molecular flexibility index (Phi) is 3.98. The molecule has 0 amide bonds. The first kappa shape index (κ1) is 14.2. The van der Waals surface area contributed by atoms with Gasteiger partial charge in [0.05, 0.1) is 0 Å². The third kappa shape index (κ3) is 5.31. The average Bonchev–Trinajstić information content (AvgIpc) is 2.05. The number of hydrogen-bond acceptors (Lipinski definition) is 2. The van der Waals surface area contributed by atoms with Crippen molar-refractivity contribution < 1.29 is 9.47 Å². The Hall–Kier alpha value is -0.890. The van der Waals surface area contributed by atoms with Crippen LogP contribution in [0.5, 0.6) is 11.5 Å². The van der Waals surface area contributed by atoms with Crippen molar-refractivity contribution >= 4 is 11.6 Å². The molecule has 0 saturated carbocycles. The highest BCUT2D eigenvalue weighted by Crippen LogP contribution is 2.35. The van der Waals surface area contributed by atoms with Crippen LogP contribution in [0.15, 0.2) is 18.2 Å². The molecule has 1 aromatic carbocycles. The zero-order valence-electron chi connectivity index (χ0n) is 11.4. The Morgan fingerprint density at radius 3 is 1.76 bits per heavy atom. The fourth-order valence-corrected chi connectivity index (χ4v) is 1.47. The van der Waals surface area contributed by atoms with Crippen molar-refractivity contribution in [2.75, 3.05) is 0 Å². The number of rotatable bonds is 2. The molecule has 0 radical (unpaired) electrons. The number of halogens is 1. The summed E-state index contributed by atoms with van der Waals surface area (Å²) >= 11 is 5.98. The zero-order chi connectivity index (χ0) is 13.3. The van der Waals surface area contributed by atoms with Gasteiger partial charge >= 0.3 is 0 Å². The topological polar surface area (TPSA) is 18.5 Å². The van der Waals surface area contributed by atoms with Crippen LogP contribution in [0, 0.1) is 0 Å². The van der Waals surface area contributed by atoms with Crippen LogP contribution in [0.4, 0.5) is 0 Å². The van der Waals surface area contributed by atoms with E-state index in [0.717, 1.165) is 5.75 Å². The second-order valence-electron chi connectivity index (χ2n) is 6.02. The second kappa shape index (κ2) is 4.77. The van der Waals surface area contributed by atoms with E-state index in [1.165, 1.54) is 0 Å². The molecule has 0 saturated heterocycles. The molecule has 0 bridgehead atoms. The first-order valence-electron chi connectivity index (χ1n) is 5.74. The van der Waals surface area contributed by atoms with E-state index in [1.807, 2.05) is 47.6 Å². The fraction of sp³-hybridized carbons (Fsp3) is 0.571. The van der Waals surface area contributed by atoms with Gasteiger partial charge < -0.3 is 9.47 Å². The molecule has 2 nitrogen and oxygen atoms in total. The standard InChI is InChI=1S/C14H21ClO2/c1-13(2,3)16-11-8-7-10(15)9-12(11)17-14(4,5)6/h7-9H,1-6H3. The van der Waals surface area contributed by atoms with Crippen LogP contribution < -0.4 is 9.47 Å². The van der Waals surface area contributed by atoms with Gasteiger partial charge in [-0.05, 0) is 53.7 Å². The Bertz CT molecular complexity index is 386. The molecule has 1 aromatic rings. The summed E-state index contributed by atoms with van der Waals surface area (Å²) in [4.78, 5) is 0. The van der Waals surface area contributed by atoms with Crippen LogP contribution in [0.25, 0.3) is 0 Å². The Morgan fingerprint density at radius 1 is 0.824 bits per heavy atom. The molecule has 0 unspecified atom stereocenters. The fourth-order valence-electron chi connectivity index (χ4n) is 1.31. The molecule has 17 heavy (non-hydrogen) atoms. The molecular weight excluding hydrogens is 236 g/mol. The van der Waals surface area contributed by atoms with Gasteiger partial charge in [-0.25, -0.2) is 0 Å². The second-order valence-corrected chi connectivity index (χ2v) is 6.46. The lowest BCUT2D eigenvalue weighted by atomic mass is 10.1. The lowest BCUT2D eigenvalue weighted by molar-refractivity contribution is 0.0958. The van der Waals surface area contributed by atoms with Crippen molar-refractivity contribution in [3.05, 3.63) is 23.2 Å². The smallest absolute Gasteiger partial charge is 0.163 e. The van der Waals surface area contributed by atoms with Gasteiger partial charge in [-0.1, -0.05) is 11.6 Å². The minimum absolute atomic E-state index is 0.260. The maximum atomic E-state index is 5.98. The third-order valence-corrected chi connectivity index (χ3v) is 1.97. The molecular formula is C14H21ClO2. The number of hydrogen-bond donors (Lipinski definition) is 0. The highest BCUT2D eigenvalue weighted by atomic mass is 35.5. The molecule has 0 N–H and O–H groups in total. The van der Waals surface area contributed by atoms with Crippen molar-refractivity contribution in [3.63, 3.8) is 0 Å². The first-order chi connectivity index (χ1) is 7.57. The molecule has 1 rings (SSSR count). The Labute approximate surface area is 109 Å². The summed E-state index contributed by atoms with van der Waals surface area (Å²) in [6.07, 6.45) is 0. The van der Waals surface area contributed by atoms with E-state index in [-0.39, 0.29) is 11.2 Å². The normalized spacial score (nSPS) is 12.4. The highest BCUT2D eigenvalue weighted by molar-refractivity contribution is 6.30. The van der Waals surface area contributed by atoms with Crippen LogP contribution in [0.2, 0.25) is 5.02 Å². The molecule has 0 aliphatic carbocycles. The minimum Gasteiger partial charge on any atom is -0.484 e. The lowest BCUT2D eigenvalue weighted by Crippen LogP contribution is -2.26. The first-order valence-corrected chi connectivity index (χ1v) is 6.12. The molecule has 0 aliphatic rings. The molecule has 0 fully saturated rings. The van der Waals surface area contributed by atoms with Gasteiger partial charge in [0.1, 0.15) is 11.2 Å². The SMILES string of the molecule is CC(C)(C)Oc1ccc(Cl)cc1OC(C)(C)C. The summed E-state index contributed by atoms with van der Waals surface area (Å²) in [5, 5.41) is 0.644. The summed E-state index contributed by atoms with van der Waals surface area (Å²) in [7, 11) is 0. The molecule has 96 valence electrons. The summed E-state index contributed by atoms with van der Waals surface area (Å²) in [6, 6.07) is 5.43. The predicted octanol–water partition coefficient (Wildman–Crippen LogP) is 4.69. The van der Waals surface area contributed by atoms with Gasteiger partial charge in [-0.2, -0.15) is 0 Å². The zero-order valence-corrected chi connectivity index (χ0v) is 12.2. The summed E-state index contributed by atoms with van der Waals surface area (Å²) < 4.78 is 11.7. The Morgan fingerprint density at radius 2 is 1.29 bits per heavy atom. The van der Waals surface area contributed by atoms with Crippen LogP contribution in [0.1, 0.15) is 41.5 Å². The molecule has 0 spiro atoms. The van der Waals surface area contributed by atoms with E-state index in [9.17, 15) is 0 Å². The Balaban J connectivity index is 3.04. The van der Waals surface area contributed by atoms with Crippen LogP contribution in [0.3, 0.4) is 0 Å². The van der Waals surface area contributed by atoms with E-state index in [1.54, 1.807) is 12.1 Å². The predicted molar refractivity (Wildman–Crippen MR) is 72.2 cm³/mol. The quantitative estimate of drug-likeness (QED) is 0.764. The number of ether oxygens (including phenoxy) is 2. The van der Waals surface area contributed by atoms with Gasteiger partial charge in [0, 0.05) is 11.1 Å². The monoisotopic (exact) mass is 256 g/mol. The summed E-state index contributed by atoms with van der Waals surface area (Å²) in [5.41, 5.74) is -0.537. The molecule has 0 aromatic heterocycles. The summed E-state index contributed by atoms with van der Waals surface area (Å²) in [6.45, 7) is 12.0. The van der Waals surface area contributed by atoms with Crippen molar-refractivity contribution in [1.29, 1.82) is 0 Å². The maximum Gasteiger partial charge on any atom is 0.163 e. The van der Waals surface area contributed by atoms with Gasteiger partial charge in [-0.15, -0.1) is 0 Å². The average molecular weight is 257 g/mol. The molecule has 0 aliphatic heterocycles. The van der Waals surface area contributed by atoms with Crippen molar-refractivity contribution in [2.24, 2.45) is 0 Å². The highest BCUT2D eigenvalue weighted by Gasteiger charge is 2.19. The summed E-state index contributed by atoms with van der Waals surface area (Å²) in [5.74, 6) is 1.40. The van der Waals surface area contributed by atoms with E-state index >= 15 is 0 Å². The van der Waals surface area contributed by atoms with E-state index in [4.69, 9.17) is 21.1 Å². The van der Waals surface area contributed by atoms with E-state index in [2.05, 4.69) is 0 Å². The molecule has 0 atom stereocenters. The van der Waals surface area contributed by atoms with Crippen molar-refractivity contribution in [3.8, 4) is 11.5 Å². The van der Waals surface area contributed by atoms with Gasteiger partial charge in [-0.3, -0.25) is 0 Å². The van der Waals surface area contributed by atoms with E-state index in [0.29, 0.717) is 10.8 Å². The number of benzene rings is 1. The van der Waals surface area contributed by atoms with Crippen molar-refractivity contribution in [1.82, 2.24) is 0 Å². The lowest BCUT2D eigenvalue weighted by Gasteiger charge is -2.27. The van der Waals surface area contributed by atoms with Crippen LogP contribution >= 0.6 is 11.6 Å². The van der Waals surface area contributed by atoms with Crippen LogP contribution in [-0.2, 0) is 0 Å².